The molecule has 25 heteroatoms. The van der Waals surface area contributed by atoms with Gasteiger partial charge >= 0.3 is 11.9 Å². The molecule has 0 aromatic carbocycles. The summed E-state index contributed by atoms with van der Waals surface area (Å²) in [6, 6.07) is -10.5. The maximum absolute atomic E-state index is 13.3. The first-order valence-electron chi connectivity index (χ1n) is 18.9. The van der Waals surface area contributed by atoms with E-state index in [1.54, 1.807) is 20.1 Å². The van der Waals surface area contributed by atoms with Crippen LogP contribution in [0.25, 0.3) is 0 Å². The Morgan fingerprint density at radius 2 is 1.00 bits per heavy atom. The smallest absolute Gasteiger partial charge is 0.328 e. The van der Waals surface area contributed by atoms with Gasteiger partial charge < -0.3 is 73.8 Å². The molecule has 0 aromatic heterocycles. The summed E-state index contributed by atoms with van der Waals surface area (Å²) in [5.41, 5.74) is 5.77. The zero-order chi connectivity index (χ0) is 46.3. The Bertz CT molecular complexity index is 1500. The number of carbonyl (C=O) groups is 10. The van der Waals surface area contributed by atoms with Crippen LogP contribution in [0, 0.1) is 11.8 Å². The minimum absolute atomic E-state index is 0.0164. The first-order chi connectivity index (χ1) is 28.0. The van der Waals surface area contributed by atoms with Crippen molar-refractivity contribution < 1.29 is 73.5 Å². The molecule has 0 unspecified atom stereocenters. The van der Waals surface area contributed by atoms with Gasteiger partial charge in [0.2, 0.25) is 47.3 Å². The molecule has 0 heterocycles. The van der Waals surface area contributed by atoms with Crippen molar-refractivity contribution in [1.29, 1.82) is 0 Å². The van der Waals surface area contributed by atoms with Crippen LogP contribution in [-0.4, -0.2) is 171 Å². The molecule has 8 amide bonds. The van der Waals surface area contributed by atoms with Crippen LogP contribution in [0.15, 0.2) is 0 Å². The number of nitrogens with two attached hydrogens (primary N) is 1. The maximum Gasteiger partial charge on any atom is 0.328 e. The van der Waals surface area contributed by atoms with Gasteiger partial charge in [-0.15, -0.1) is 0 Å². The van der Waals surface area contributed by atoms with E-state index < -0.39 is 140 Å². The van der Waals surface area contributed by atoms with Gasteiger partial charge in [-0.1, -0.05) is 27.7 Å². The summed E-state index contributed by atoms with van der Waals surface area (Å²) in [6.45, 7) is 4.75. The van der Waals surface area contributed by atoms with E-state index >= 15 is 0 Å². The van der Waals surface area contributed by atoms with Gasteiger partial charge in [0, 0.05) is 0 Å². The van der Waals surface area contributed by atoms with Crippen LogP contribution in [-0.2, 0) is 47.9 Å². The average Bonchev–Trinajstić information content (AvgIpc) is 3.15. The Kier molecular flexibility index (Phi) is 26.0. The summed E-state index contributed by atoms with van der Waals surface area (Å²) < 4.78 is 0. The summed E-state index contributed by atoms with van der Waals surface area (Å²) in [4.78, 5) is 125. The number of hydrogen-bond acceptors (Lipinski definition) is 15. The van der Waals surface area contributed by atoms with Crippen molar-refractivity contribution in [2.24, 2.45) is 17.6 Å². The minimum Gasteiger partial charge on any atom is -0.481 e. The van der Waals surface area contributed by atoms with Crippen LogP contribution in [0.5, 0.6) is 0 Å². The Morgan fingerprint density at radius 3 is 1.43 bits per heavy atom. The first kappa shape index (κ1) is 54.9. The van der Waals surface area contributed by atoms with E-state index in [9.17, 15) is 73.5 Å². The summed E-state index contributed by atoms with van der Waals surface area (Å²) in [7, 11) is 0. The second-order valence-corrected chi connectivity index (χ2v) is 15.5. The molecular formula is C35H61N9O15S. The van der Waals surface area contributed by atoms with E-state index in [0.29, 0.717) is 12.2 Å². The number of hydrogen-bond donors (Lipinski definition) is 14. The van der Waals surface area contributed by atoms with Crippen LogP contribution < -0.4 is 48.3 Å². The molecule has 8 atom stereocenters. The zero-order valence-corrected chi connectivity index (χ0v) is 35.3. The van der Waals surface area contributed by atoms with Crippen molar-refractivity contribution in [2.75, 3.05) is 38.3 Å². The van der Waals surface area contributed by atoms with Gasteiger partial charge in [-0.05, 0) is 50.0 Å². The van der Waals surface area contributed by atoms with Crippen molar-refractivity contribution in [3.63, 3.8) is 0 Å². The number of rotatable bonds is 29. The number of carboxylic acids is 2. The summed E-state index contributed by atoms with van der Waals surface area (Å²) in [5, 5.41) is 65.7. The van der Waals surface area contributed by atoms with Gasteiger partial charge in [0.05, 0.1) is 44.9 Å². The molecule has 0 spiro atoms. The van der Waals surface area contributed by atoms with Crippen molar-refractivity contribution in [2.45, 2.75) is 109 Å². The van der Waals surface area contributed by atoms with Gasteiger partial charge in [0.1, 0.15) is 30.2 Å². The topological polar surface area (TPSA) is 394 Å². The summed E-state index contributed by atoms with van der Waals surface area (Å²) in [6.07, 6.45) is -0.456. The van der Waals surface area contributed by atoms with Crippen LogP contribution in [0.1, 0.15) is 60.3 Å². The Hall–Kier alpha value is -5.11. The quantitative estimate of drug-likeness (QED) is 0.0333. The lowest BCUT2D eigenvalue weighted by Gasteiger charge is -2.27. The highest BCUT2D eigenvalue weighted by molar-refractivity contribution is 7.98. The molecule has 0 fully saturated rings. The molecule has 15 N–H and O–H groups in total. The van der Waals surface area contributed by atoms with E-state index in [1.807, 2.05) is 19.2 Å². The number of aliphatic hydroxyl groups excluding tert-OH is 3. The largest absolute Gasteiger partial charge is 0.481 e. The number of nitrogens with one attached hydrogen (secondary N) is 8. The average molecular weight is 880 g/mol. The molecule has 0 aliphatic rings. The highest BCUT2D eigenvalue weighted by Gasteiger charge is 2.34. The van der Waals surface area contributed by atoms with E-state index in [2.05, 4.69) is 37.2 Å². The van der Waals surface area contributed by atoms with E-state index in [0.717, 1.165) is 6.92 Å². The molecule has 342 valence electrons. The number of amides is 8. The van der Waals surface area contributed by atoms with Crippen molar-refractivity contribution >= 4 is 71.0 Å². The fraction of sp³-hybridized carbons (Fsp3) is 0.714. The number of carbonyl (C=O) groups excluding carboxylic acids is 8. The second kappa shape index (κ2) is 28.4. The predicted molar refractivity (Wildman–Crippen MR) is 213 cm³/mol. The van der Waals surface area contributed by atoms with Crippen molar-refractivity contribution in [1.82, 2.24) is 42.5 Å². The minimum atomic E-state index is -1.77. The maximum atomic E-state index is 13.3. The van der Waals surface area contributed by atoms with Crippen LogP contribution >= 0.6 is 11.8 Å². The van der Waals surface area contributed by atoms with Crippen LogP contribution in [0.2, 0.25) is 0 Å². The normalized spacial score (nSPS) is 15.1. The van der Waals surface area contributed by atoms with Crippen molar-refractivity contribution in [3.05, 3.63) is 0 Å². The van der Waals surface area contributed by atoms with Gasteiger partial charge in [-0.25, -0.2) is 4.79 Å². The molecule has 0 aliphatic carbocycles. The fourth-order valence-electron chi connectivity index (χ4n) is 5.13. The lowest BCUT2D eigenvalue weighted by Crippen LogP contribution is -2.61. The monoisotopic (exact) mass is 879 g/mol. The highest BCUT2D eigenvalue weighted by atomic mass is 32.2. The molecule has 0 radical (unpaired) electrons. The SMILES string of the molecule is CSCC[C@H](NC(=O)CNC(=O)[C@H](CC(=O)O)NC(=O)CNC(=O)[C@@H](N)CC(C)C)C(=O)N[C@@H](CO)C(=O)N[C@@H](CC(C)C)C(=O)N[C@@H](CO)C(=O)N[C@H](C(=O)O)[C@@H](C)O. The van der Waals surface area contributed by atoms with Gasteiger partial charge in [-0.3, -0.25) is 43.2 Å². The third-order valence-electron chi connectivity index (χ3n) is 8.22. The predicted octanol–water partition coefficient (Wildman–Crippen LogP) is -5.78. The van der Waals surface area contributed by atoms with E-state index in [4.69, 9.17) is 5.73 Å². The highest BCUT2D eigenvalue weighted by Crippen LogP contribution is 2.08. The number of aliphatic hydroxyl groups is 3. The molecule has 24 nitrogen and oxygen atoms in total. The lowest BCUT2D eigenvalue weighted by atomic mass is 10.0. The second-order valence-electron chi connectivity index (χ2n) is 14.5. The van der Waals surface area contributed by atoms with Gasteiger partial charge in [0.15, 0.2) is 6.04 Å². The third kappa shape index (κ3) is 21.8. The van der Waals surface area contributed by atoms with Crippen LogP contribution in [0.3, 0.4) is 0 Å². The lowest BCUT2D eigenvalue weighted by molar-refractivity contribution is -0.145. The summed E-state index contributed by atoms with van der Waals surface area (Å²) in [5.74, 6) is -10.7. The van der Waals surface area contributed by atoms with Crippen LogP contribution in [0.4, 0.5) is 0 Å². The Balaban J connectivity index is 5.70. The molecule has 0 saturated heterocycles. The van der Waals surface area contributed by atoms with Gasteiger partial charge in [0.25, 0.3) is 0 Å². The molecule has 0 bridgehead atoms. The molecule has 0 rings (SSSR count). The van der Waals surface area contributed by atoms with E-state index in [1.165, 1.54) is 11.8 Å². The fourth-order valence-corrected chi connectivity index (χ4v) is 5.61. The number of carboxylic acid groups (broad SMARTS) is 2. The number of aliphatic carboxylic acids is 2. The van der Waals surface area contributed by atoms with E-state index in [-0.39, 0.29) is 24.7 Å². The molecule has 0 aromatic rings. The Labute approximate surface area is 351 Å². The number of thioether (sulfide) groups is 1. The third-order valence-corrected chi connectivity index (χ3v) is 8.86. The van der Waals surface area contributed by atoms with Gasteiger partial charge in [-0.2, -0.15) is 11.8 Å². The summed E-state index contributed by atoms with van der Waals surface area (Å²) >= 11 is 1.29. The first-order valence-corrected chi connectivity index (χ1v) is 20.3. The Morgan fingerprint density at radius 1 is 0.567 bits per heavy atom. The standard InChI is InChI=1S/C35H61N9O15S/c1-16(2)9-19(36)29(52)37-12-26(49)40-22(11-27(50)51)30(53)38-13-25(48)39-20(7-8-60-6)31(54)42-23(14-45)33(56)41-21(10-17(3)4)32(55)43-24(15-46)34(57)44-28(18(5)47)35(58)59/h16-24,28,45-47H,7-15,36H2,1-6H3,(H,37,52)(H,38,53)(H,39,48)(H,40,49)(H,41,56)(H,42,54)(H,43,55)(H,44,57)(H,50,51)(H,58,59)/t18-,19+,20+,21+,22+,23+,24+,28+/m1/s1. The zero-order valence-electron chi connectivity index (χ0n) is 34.4. The molecule has 0 aliphatic heterocycles. The molecular weight excluding hydrogens is 818 g/mol. The molecule has 60 heavy (non-hydrogen) atoms. The molecule has 0 saturated carbocycles. The van der Waals surface area contributed by atoms with Crippen molar-refractivity contribution in [3.8, 4) is 0 Å².